The lowest BCUT2D eigenvalue weighted by atomic mass is 10.2. The second kappa shape index (κ2) is 5.82. The molecule has 2 rings (SSSR count). The van der Waals surface area contributed by atoms with E-state index in [-0.39, 0.29) is 11.0 Å². The van der Waals surface area contributed by atoms with E-state index in [4.69, 9.17) is 4.74 Å². The number of hydrogen-bond acceptors (Lipinski definition) is 5. The van der Waals surface area contributed by atoms with Crippen molar-refractivity contribution in [1.29, 1.82) is 0 Å². The Morgan fingerprint density at radius 3 is 3.06 bits per heavy atom. The molecule has 17 heavy (non-hydrogen) atoms. The lowest BCUT2D eigenvalue weighted by molar-refractivity contribution is 0.0982. The van der Waals surface area contributed by atoms with Crippen LogP contribution in [0.25, 0.3) is 0 Å². The first kappa shape index (κ1) is 12.8. The van der Waals surface area contributed by atoms with Crippen molar-refractivity contribution in [2.75, 3.05) is 24.4 Å². The van der Waals surface area contributed by atoms with Gasteiger partial charge in [0.05, 0.1) is 18.6 Å². The first-order chi connectivity index (χ1) is 8.27. The topological polar surface area (TPSA) is 44.1 Å². The summed E-state index contributed by atoms with van der Waals surface area (Å²) in [5, 5.41) is 4.22. The number of nitrogens with zero attached hydrogens (tertiary/aromatic N) is 2. The van der Waals surface area contributed by atoms with Crippen LogP contribution >= 0.6 is 23.5 Å². The van der Waals surface area contributed by atoms with Crippen LogP contribution < -0.4 is 4.74 Å². The van der Waals surface area contributed by atoms with Gasteiger partial charge < -0.3 is 4.74 Å². The zero-order valence-corrected chi connectivity index (χ0v) is 11.6. The fourth-order valence-electron chi connectivity index (χ4n) is 1.80. The molecule has 0 amide bonds. The Bertz CT molecular complexity index is 379. The number of methoxy groups -OCH3 is 1. The molecule has 0 radical (unpaired) electrons. The number of ketones is 1. The molecule has 1 saturated heterocycles. The minimum atomic E-state index is 0.0460. The third-order valence-electron chi connectivity index (χ3n) is 2.67. The van der Waals surface area contributed by atoms with Crippen molar-refractivity contribution in [3.8, 4) is 5.75 Å². The number of Topliss-reactive ketones (excluding diaryl/α,β-unsaturated/α-hetero) is 1. The molecule has 1 aromatic heterocycles. The largest absolute Gasteiger partial charge is 0.493 e. The van der Waals surface area contributed by atoms with Gasteiger partial charge in [-0.15, -0.1) is 11.8 Å². The van der Waals surface area contributed by atoms with Gasteiger partial charge in [0.2, 0.25) is 0 Å². The van der Waals surface area contributed by atoms with E-state index in [0.717, 1.165) is 17.3 Å². The first-order valence-corrected chi connectivity index (χ1v) is 7.81. The molecule has 1 aliphatic rings. The van der Waals surface area contributed by atoms with Crippen LogP contribution in [0.4, 0.5) is 0 Å². The van der Waals surface area contributed by atoms with Crippen LogP contribution in [0.15, 0.2) is 6.20 Å². The SMILES string of the molecule is CCn1ncc(OC)c1C(=O)C1CSCCS1. The molecule has 1 atom stereocenters. The highest BCUT2D eigenvalue weighted by atomic mass is 32.2. The van der Waals surface area contributed by atoms with Crippen molar-refractivity contribution < 1.29 is 9.53 Å². The van der Waals surface area contributed by atoms with E-state index in [2.05, 4.69) is 5.10 Å². The van der Waals surface area contributed by atoms with Crippen LogP contribution in [0.3, 0.4) is 0 Å². The number of carbonyl (C=O) groups excluding carboxylic acids is 1. The lowest BCUT2D eigenvalue weighted by Crippen LogP contribution is -2.27. The first-order valence-electron chi connectivity index (χ1n) is 5.61. The minimum Gasteiger partial charge on any atom is -0.493 e. The molecule has 0 aromatic carbocycles. The highest BCUT2D eigenvalue weighted by Gasteiger charge is 2.28. The maximum atomic E-state index is 12.4. The molecule has 0 aliphatic carbocycles. The van der Waals surface area contributed by atoms with Crippen LogP contribution in [0.1, 0.15) is 17.4 Å². The van der Waals surface area contributed by atoms with Gasteiger partial charge in [0.1, 0.15) is 5.69 Å². The fourth-order valence-corrected chi connectivity index (χ4v) is 4.41. The summed E-state index contributed by atoms with van der Waals surface area (Å²) in [7, 11) is 1.58. The number of thioether (sulfide) groups is 2. The Balaban J connectivity index is 2.24. The average Bonchev–Trinajstić information content (AvgIpc) is 2.81. The van der Waals surface area contributed by atoms with Gasteiger partial charge in [0, 0.05) is 23.8 Å². The minimum absolute atomic E-state index is 0.0460. The maximum absolute atomic E-state index is 12.4. The quantitative estimate of drug-likeness (QED) is 0.784. The van der Waals surface area contributed by atoms with E-state index < -0.39 is 0 Å². The fraction of sp³-hybridized carbons (Fsp3) is 0.636. The Morgan fingerprint density at radius 1 is 1.65 bits per heavy atom. The molecular weight excluding hydrogens is 256 g/mol. The van der Waals surface area contributed by atoms with Crippen LogP contribution in [0.2, 0.25) is 0 Å². The van der Waals surface area contributed by atoms with Crippen LogP contribution in [-0.4, -0.2) is 45.2 Å². The molecule has 0 spiro atoms. The number of ether oxygens (including phenoxy) is 1. The summed E-state index contributed by atoms with van der Waals surface area (Å²) in [5.41, 5.74) is 0.620. The molecular formula is C11H16N2O2S2. The lowest BCUT2D eigenvalue weighted by Gasteiger charge is -2.20. The van der Waals surface area contributed by atoms with Gasteiger partial charge in [-0.05, 0) is 6.92 Å². The molecule has 1 aliphatic heterocycles. The van der Waals surface area contributed by atoms with Crippen molar-refractivity contribution in [3.05, 3.63) is 11.9 Å². The van der Waals surface area contributed by atoms with E-state index in [1.807, 2.05) is 18.7 Å². The Labute approximate surface area is 109 Å². The van der Waals surface area contributed by atoms with E-state index in [1.165, 1.54) is 0 Å². The van der Waals surface area contributed by atoms with Crippen molar-refractivity contribution in [1.82, 2.24) is 9.78 Å². The predicted molar refractivity (Wildman–Crippen MR) is 72.4 cm³/mol. The van der Waals surface area contributed by atoms with Gasteiger partial charge in [0.25, 0.3) is 0 Å². The Morgan fingerprint density at radius 2 is 2.47 bits per heavy atom. The summed E-state index contributed by atoms with van der Waals surface area (Å²) in [6, 6.07) is 0. The van der Waals surface area contributed by atoms with Crippen molar-refractivity contribution in [3.63, 3.8) is 0 Å². The molecule has 94 valence electrons. The molecule has 4 nitrogen and oxygen atoms in total. The molecule has 1 fully saturated rings. The van der Waals surface area contributed by atoms with Gasteiger partial charge in [0.15, 0.2) is 11.5 Å². The third-order valence-corrected chi connectivity index (χ3v) is 5.42. The molecule has 0 N–H and O–H groups in total. The predicted octanol–water partition coefficient (Wildman–Crippen LogP) is 1.94. The number of carbonyl (C=O) groups is 1. The number of aromatic nitrogens is 2. The standard InChI is InChI=1S/C11H16N2O2S2/c1-3-13-10(8(15-2)6-12-13)11(14)9-7-16-4-5-17-9/h6,9H,3-5,7H2,1-2H3. The summed E-state index contributed by atoms with van der Waals surface area (Å²) >= 11 is 3.58. The van der Waals surface area contributed by atoms with Gasteiger partial charge in [-0.25, -0.2) is 0 Å². The number of aryl methyl sites for hydroxylation is 1. The second-order valence-corrected chi connectivity index (χ2v) is 6.14. The normalized spacial score (nSPS) is 20.2. The van der Waals surface area contributed by atoms with Crippen LogP contribution in [0.5, 0.6) is 5.75 Å². The Hall–Kier alpha value is -0.620. The van der Waals surface area contributed by atoms with Gasteiger partial charge >= 0.3 is 0 Å². The summed E-state index contributed by atoms with van der Waals surface area (Å²) in [6.45, 7) is 2.67. The van der Waals surface area contributed by atoms with Gasteiger partial charge in [-0.1, -0.05) is 0 Å². The average molecular weight is 272 g/mol. The van der Waals surface area contributed by atoms with Crippen LogP contribution in [-0.2, 0) is 6.54 Å². The smallest absolute Gasteiger partial charge is 0.198 e. The maximum Gasteiger partial charge on any atom is 0.198 e. The third kappa shape index (κ3) is 2.63. The van der Waals surface area contributed by atoms with Crippen LogP contribution in [0, 0.1) is 0 Å². The van der Waals surface area contributed by atoms with E-state index in [0.29, 0.717) is 18.0 Å². The summed E-state index contributed by atoms with van der Waals surface area (Å²) in [6.07, 6.45) is 1.62. The van der Waals surface area contributed by atoms with E-state index in [1.54, 1.807) is 29.8 Å². The zero-order valence-electron chi connectivity index (χ0n) is 10.0. The highest BCUT2D eigenvalue weighted by molar-refractivity contribution is 8.07. The van der Waals surface area contributed by atoms with E-state index >= 15 is 0 Å². The number of rotatable bonds is 4. The molecule has 6 heteroatoms. The highest BCUT2D eigenvalue weighted by Crippen LogP contribution is 2.29. The molecule has 1 unspecified atom stereocenters. The molecule has 2 heterocycles. The molecule has 0 saturated carbocycles. The Kier molecular flexibility index (Phi) is 4.39. The zero-order chi connectivity index (χ0) is 12.3. The number of hydrogen-bond donors (Lipinski definition) is 0. The molecule has 1 aromatic rings. The van der Waals surface area contributed by atoms with E-state index in [9.17, 15) is 4.79 Å². The summed E-state index contributed by atoms with van der Waals surface area (Å²) in [5.74, 6) is 3.82. The van der Waals surface area contributed by atoms with Crippen molar-refractivity contribution >= 4 is 29.3 Å². The monoisotopic (exact) mass is 272 g/mol. The summed E-state index contributed by atoms with van der Waals surface area (Å²) < 4.78 is 6.94. The summed E-state index contributed by atoms with van der Waals surface area (Å²) in [4.78, 5) is 12.4. The van der Waals surface area contributed by atoms with Crippen molar-refractivity contribution in [2.24, 2.45) is 0 Å². The van der Waals surface area contributed by atoms with Gasteiger partial charge in [-0.3, -0.25) is 9.48 Å². The van der Waals surface area contributed by atoms with Gasteiger partial charge in [-0.2, -0.15) is 16.9 Å². The second-order valence-electron chi connectivity index (χ2n) is 3.68. The van der Waals surface area contributed by atoms with Crippen molar-refractivity contribution in [2.45, 2.75) is 18.7 Å². The molecule has 0 bridgehead atoms.